The lowest BCUT2D eigenvalue weighted by Gasteiger charge is -2.16. The van der Waals surface area contributed by atoms with Gasteiger partial charge in [-0.25, -0.2) is 4.98 Å². The molecular formula is C10H10BrN3O. The quantitative estimate of drug-likeness (QED) is 0.786. The van der Waals surface area contributed by atoms with Gasteiger partial charge in [-0.2, -0.15) is 5.26 Å². The van der Waals surface area contributed by atoms with Crippen molar-refractivity contribution in [2.45, 2.75) is 6.92 Å². The van der Waals surface area contributed by atoms with Crippen molar-refractivity contribution in [1.82, 2.24) is 9.88 Å². The molecule has 1 aromatic heterocycles. The van der Waals surface area contributed by atoms with Crippen LogP contribution in [0.3, 0.4) is 0 Å². The zero-order valence-corrected chi connectivity index (χ0v) is 9.86. The molecule has 0 saturated heterocycles. The van der Waals surface area contributed by atoms with Gasteiger partial charge in [0.15, 0.2) is 0 Å². The van der Waals surface area contributed by atoms with Crippen LogP contribution in [0.4, 0.5) is 0 Å². The van der Waals surface area contributed by atoms with Gasteiger partial charge in [-0.3, -0.25) is 4.79 Å². The molecule has 0 aliphatic rings. The summed E-state index contributed by atoms with van der Waals surface area (Å²) >= 11 is 3.24. The summed E-state index contributed by atoms with van der Waals surface area (Å²) in [6.45, 7) is 2.42. The molecule has 0 fully saturated rings. The average molecular weight is 268 g/mol. The Balaban J connectivity index is 2.84. The van der Waals surface area contributed by atoms with Gasteiger partial charge in [0.25, 0.3) is 5.91 Å². The van der Waals surface area contributed by atoms with Gasteiger partial charge in [-0.05, 0) is 35.0 Å². The van der Waals surface area contributed by atoms with Gasteiger partial charge in [0.05, 0.1) is 6.07 Å². The van der Waals surface area contributed by atoms with Crippen LogP contribution in [-0.4, -0.2) is 28.9 Å². The molecule has 0 spiro atoms. The topological polar surface area (TPSA) is 57.0 Å². The smallest absolute Gasteiger partial charge is 0.273 e. The molecule has 78 valence electrons. The fourth-order valence-electron chi connectivity index (χ4n) is 1.08. The molecule has 0 radical (unpaired) electrons. The van der Waals surface area contributed by atoms with Crippen LogP contribution in [-0.2, 0) is 0 Å². The second kappa shape index (κ2) is 5.47. The van der Waals surface area contributed by atoms with E-state index in [4.69, 9.17) is 5.26 Å². The molecular weight excluding hydrogens is 258 g/mol. The molecule has 0 aromatic carbocycles. The normalized spacial score (nSPS) is 9.40. The Morgan fingerprint density at radius 1 is 1.67 bits per heavy atom. The van der Waals surface area contributed by atoms with Gasteiger partial charge in [-0.1, -0.05) is 0 Å². The number of nitrogens with zero attached hydrogens (tertiary/aromatic N) is 3. The highest BCUT2D eigenvalue weighted by Gasteiger charge is 2.14. The van der Waals surface area contributed by atoms with E-state index in [2.05, 4.69) is 20.9 Å². The molecule has 0 aliphatic carbocycles. The van der Waals surface area contributed by atoms with Crippen molar-refractivity contribution in [2.24, 2.45) is 0 Å². The Kier molecular flexibility index (Phi) is 4.25. The van der Waals surface area contributed by atoms with E-state index in [0.29, 0.717) is 12.2 Å². The minimum atomic E-state index is -0.216. The number of pyridine rings is 1. The number of carbonyl (C=O) groups excluding carboxylic acids is 1. The Labute approximate surface area is 96.7 Å². The molecule has 1 amide bonds. The highest BCUT2D eigenvalue weighted by atomic mass is 79.9. The third-order valence-corrected chi connectivity index (χ3v) is 2.35. The van der Waals surface area contributed by atoms with E-state index in [0.717, 1.165) is 4.47 Å². The Morgan fingerprint density at radius 2 is 2.40 bits per heavy atom. The Bertz CT molecular complexity index is 383. The molecule has 1 aromatic rings. The first-order valence-corrected chi connectivity index (χ1v) is 5.26. The highest BCUT2D eigenvalue weighted by molar-refractivity contribution is 9.10. The maximum absolute atomic E-state index is 11.8. The molecule has 4 nitrogen and oxygen atoms in total. The number of halogens is 1. The van der Waals surface area contributed by atoms with Crippen molar-refractivity contribution in [2.75, 3.05) is 13.1 Å². The molecule has 0 unspecified atom stereocenters. The molecule has 0 atom stereocenters. The van der Waals surface area contributed by atoms with Gasteiger partial charge >= 0.3 is 0 Å². The first-order chi connectivity index (χ1) is 7.19. The second-order valence-electron chi connectivity index (χ2n) is 2.84. The molecule has 5 heteroatoms. The zero-order chi connectivity index (χ0) is 11.3. The van der Waals surface area contributed by atoms with Crippen LogP contribution in [0.5, 0.6) is 0 Å². The van der Waals surface area contributed by atoms with E-state index >= 15 is 0 Å². The summed E-state index contributed by atoms with van der Waals surface area (Å²) in [5.41, 5.74) is 0.357. The fourth-order valence-corrected chi connectivity index (χ4v) is 1.31. The number of amides is 1. The lowest BCUT2D eigenvalue weighted by atomic mass is 10.3. The van der Waals surface area contributed by atoms with Crippen LogP contribution in [0.1, 0.15) is 17.4 Å². The number of rotatable bonds is 3. The van der Waals surface area contributed by atoms with Crippen molar-refractivity contribution in [3.8, 4) is 6.07 Å². The first kappa shape index (κ1) is 11.7. The lowest BCUT2D eigenvalue weighted by molar-refractivity contribution is 0.0778. The molecule has 1 rings (SSSR count). The standard InChI is InChI=1S/C10H10BrN3O/c1-2-14(6-5-12)10(15)9-4-3-8(11)7-13-9/h3-4,7H,2,6H2,1H3. The predicted molar refractivity (Wildman–Crippen MR) is 59.1 cm³/mol. The maximum atomic E-state index is 11.8. The number of nitriles is 1. The summed E-state index contributed by atoms with van der Waals surface area (Å²) in [7, 11) is 0. The second-order valence-corrected chi connectivity index (χ2v) is 3.75. The largest absolute Gasteiger partial charge is 0.324 e. The van der Waals surface area contributed by atoms with Gasteiger partial charge in [0.1, 0.15) is 12.2 Å². The molecule has 0 saturated carbocycles. The van der Waals surface area contributed by atoms with Gasteiger partial charge < -0.3 is 4.90 Å². The summed E-state index contributed by atoms with van der Waals surface area (Å²) in [5.74, 6) is -0.216. The van der Waals surface area contributed by atoms with Crippen LogP contribution >= 0.6 is 15.9 Å². The Morgan fingerprint density at radius 3 is 2.87 bits per heavy atom. The highest BCUT2D eigenvalue weighted by Crippen LogP contribution is 2.09. The number of hydrogen-bond acceptors (Lipinski definition) is 3. The summed E-state index contributed by atoms with van der Waals surface area (Å²) in [6, 6.07) is 5.33. The molecule has 0 aliphatic heterocycles. The summed E-state index contributed by atoms with van der Waals surface area (Å²) in [6.07, 6.45) is 1.56. The van der Waals surface area contributed by atoms with Gasteiger partial charge in [0, 0.05) is 17.2 Å². The summed E-state index contributed by atoms with van der Waals surface area (Å²) in [5, 5.41) is 8.54. The number of hydrogen-bond donors (Lipinski definition) is 0. The van der Waals surface area contributed by atoms with Crippen molar-refractivity contribution >= 4 is 21.8 Å². The van der Waals surface area contributed by atoms with Gasteiger partial charge in [-0.15, -0.1) is 0 Å². The van der Waals surface area contributed by atoms with Crippen LogP contribution in [0, 0.1) is 11.3 Å². The summed E-state index contributed by atoms with van der Waals surface area (Å²) < 4.78 is 0.822. The van der Waals surface area contributed by atoms with Crippen molar-refractivity contribution in [3.63, 3.8) is 0 Å². The van der Waals surface area contributed by atoms with Crippen LogP contribution in [0.2, 0.25) is 0 Å². The van der Waals surface area contributed by atoms with E-state index < -0.39 is 0 Å². The maximum Gasteiger partial charge on any atom is 0.273 e. The van der Waals surface area contributed by atoms with Crippen molar-refractivity contribution in [1.29, 1.82) is 5.26 Å². The average Bonchev–Trinajstić information content (AvgIpc) is 2.26. The van der Waals surface area contributed by atoms with E-state index in [1.165, 1.54) is 4.90 Å². The fraction of sp³-hybridized carbons (Fsp3) is 0.300. The number of aromatic nitrogens is 1. The minimum absolute atomic E-state index is 0.0904. The SMILES string of the molecule is CCN(CC#N)C(=O)c1ccc(Br)cn1. The molecule has 15 heavy (non-hydrogen) atoms. The molecule has 0 bridgehead atoms. The molecule has 1 heterocycles. The van der Waals surface area contributed by atoms with Gasteiger partial charge in [0.2, 0.25) is 0 Å². The van der Waals surface area contributed by atoms with E-state index in [1.807, 2.05) is 13.0 Å². The van der Waals surface area contributed by atoms with Crippen LogP contribution in [0.25, 0.3) is 0 Å². The third kappa shape index (κ3) is 3.03. The van der Waals surface area contributed by atoms with E-state index in [9.17, 15) is 4.79 Å². The first-order valence-electron chi connectivity index (χ1n) is 4.46. The van der Waals surface area contributed by atoms with Crippen molar-refractivity contribution < 1.29 is 4.79 Å². The van der Waals surface area contributed by atoms with Crippen molar-refractivity contribution in [3.05, 3.63) is 28.5 Å². The van der Waals surface area contributed by atoms with Crippen LogP contribution < -0.4 is 0 Å². The zero-order valence-electron chi connectivity index (χ0n) is 8.27. The summed E-state index contributed by atoms with van der Waals surface area (Å²) in [4.78, 5) is 17.2. The Hall–Kier alpha value is -1.41. The molecule has 0 N–H and O–H groups in total. The third-order valence-electron chi connectivity index (χ3n) is 1.88. The monoisotopic (exact) mass is 267 g/mol. The number of carbonyl (C=O) groups is 1. The lowest BCUT2D eigenvalue weighted by Crippen LogP contribution is -2.31. The van der Waals surface area contributed by atoms with E-state index in [1.54, 1.807) is 18.3 Å². The predicted octanol–water partition coefficient (Wildman–Crippen LogP) is 1.83. The minimum Gasteiger partial charge on any atom is -0.324 e. The van der Waals surface area contributed by atoms with E-state index in [-0.39, 0.29) is 12.5 Å². The van der Waals surface area contributed by atoms with Crippen LogP contribution in [0.15, 0.2) is 22.8 Å².